The molecule has 468 valence electrons. The third kappa shape index (κ3) is 12.2. The minimum absolute atomic E-state index is 0. The second kappa shape index (κ2) is 27.4. The van der Waals surface area contributed by atoms with E-state index < -0.39 is 0 Å². The van der Waals surface area contributed by atoms with Gasteiger partial charge in [0.05, 0.1) is 68.5 Å². The van der Waals surface area contributed by atoms with Crippen LogP contribution in [0.4, 0.5) is 0 Å². The number of nitrogens with two attached hydrogens (primary N) is 2. The number of allylic oxidation sites excluding steroid dienone is 24. The zero-order valence-electron chi connectivity index (χ0n) is 52.4. The first-order valence-electron chi connectivity index (χ1n) is 30.5. The van der Waals surface area contributed by atoms with Crippen molar-refractivity contribution in [2.24, 2.45) is 65.1 Å². The molecule has 12 rings (SSSR count). The van der Waals surface area contributed by atoms with Crippen LogP contribution in [-0.2, 0) is 30.7 Å². The van der Waals surface area contributed by atoms with E-state index in [2.05, 4.69) is 126 Å². The number of nitrogens with one attached hydrogen (secondary N) is 4. The van der Waals surface area contributed by atoms with Crippen LogP contribution in [0.15, 0.2) is 238 Å². The number of amides is 2. The van der Waals surface area contributed by atoms with Gasteiger partial charge in [-0.2, -0.15) is 0 Å². The summed E-state index contributed by atoms with van der Waals surface area (Å²) >= 11 is 0. The smallest absolute Gasteiger partial charge is 1.00 e. The molecule has 10 aliphatic heterocycles. The first-order chi connectivity index (χ1) is 41.3. The average Bonchev–Trinajstić information content (AvgIpc) is 1.61. The number of fused-ring (bicyclic) bond motifs is 10. The van der Waals surface area contributed by atoms with Crippen molar-refractivity contribution in [2.75, 3.05) is 26.2 Å². The third-order valence-electron chi connectivity index (χ3n) is 18.9. The first-order valence-corrected chi connectivity index (χ1v) is 30.5. The van der Waals surface area contributed by atoms with Crippen LogP contribution in [-0.4, -0.2) is 82.5 Å². The Bertz CT molecular complexity index is 3700. The Balaban J connectivity index is 0.000000223. The van der Waals surface area contributed by atoms with Crippen LogP contribution in [0, 0.1) is 23.7 Å². The van der Waals surface area contributed by atoms with E-state index in [1.54, 1.807) is 0 Å². The molecule has 2 amide bonds. The molecule has 16 nitrogen and oxygen atoms in total. The van der Waals surface area contributed by atoms with Gasteiger partial charge in [-0.3, -0.25) is 9.59 Å². The summed E-state index contributed by atoms with van der Waals surface area (Å²) < 4.78 is 0. The fraction of sp³-hybridized carbons (Fsp3) is 0.371. The molecule has 12 aliphatic rings. The Hall–Kier alpha value is -7.33. The second-order valence-electron chi connectivity index (χ2n) is 23.8. The molecule has 0 unspecified atom stereocenters. The number of hydrogen-bond acceptors (Lipinski definition) is 14. The number of rotatable bonds is 14. The molecule has 0 aromatic carbocycles. The molecule has 4 atom stereocenters. The van der Waals surface area contributed by atoms with Crippen LogP contribution in [0.2, 0.25) is 0 Å². The van der Waals surface area contributed by atoms with E-state index in [1.165, 1.54) is 11.1 Å². The molecule has 0 radical (unpaired) electrons. The van der Waals surface area contributed by atoms with Gasteiger partial charge in [0.25, 0.3) is 0 Å². The zero-order chi connectivity index (χ0) is 61.2. The maximum absolute atomic E-state index is 12.6. The first kappa shape index (κ1) is 67.6. The van der Waals surface area contributed by atoms with Crippen molar-refractivity contribution < 1.29 is 65.7 Å². The zero-order valence-corrected chi connectivity index (χ0v) is 56.2. The molecule has 89 heavy (non-hydrogen) atoms. The Morgan fingerprint density at radius 3 is 1.27 bits per heavy atom. The average molecular weight is 1420 g/mol. The fourth-order valence-corrected chi connectivity index (χ4v) is 13.9. The minimum Gasteiger partial charge on any atom is -1.00 e. The van der Waals surface area contributed by atoms with Crippen LogP contribution in [0.1, 0.15) is 121 Å². The minimum atomic E-state index is -0.00809. The Labute approximate surface area is 549 Å². The summed E-state index contributed by atoms with van der Waals surface area (Å²) in [5.74, 6) is 0.918. The molecule has 10 heterocycles. The molecular formula is C70H80Cl2N12O4Pt. The van der Waals surface area contributed by atoms with E-state index in [0.29, 0.717) is 76.2 Å². The van der Waals surface area contributed by atoms with E-state index in [4.69, 9.17) is 41.4 Å². The standard InChI is InChI=1S/2C35H40N6O2.2ClH.Pt/c2*1-7-21-17(3)25-14-27-19(5)23(9-10-32(43)37-12-11-36)34(40-27)24-13-31(42)33-20(6)28(41-35(24)33)16-30-22(8-2)18(4)26(39-30)15-29(21)38-25;;;/h2*7,14-16,19,23,40,42H,1,8-13,36H2,2-6H3,(H,37,43);2*1H;/q;;;;+2/p-2/t2*19-,23-;;;/m00.../s1. The number of aliphatic hydroxyl groups is 2. The van der Waals surface area contributed by atoms with Gasteiger partial charge in [0.1, 0.15) is 11.5 Å². The van der Waals surface area contributed by atoms with Gasteiger partial charge in [-0.25, -0.2) is 30.0 Å². The van der Waals surface area contributed by atoms with Gasteiger partial charge in [-0.1, -0.05) is 53.0 Å². The number of halogens is 2. The van der Waals surface area contributed by atoms with Gasteiger partial charge in [-0.15, -0.1) is 0 Å². The topological polar surface area (TPSA) is 249 Å². The summed E-state index contributed by atoms with van der Waals surface area (Å²) in [6.45, 7) is 31.0. The maximum atomic E-state index is 12.6. The van der Waals surface area contributed by atoms with Gasteiger partial charge in [0.15, 0.2) is 0 Å². The van der Waals surface area contributed by atoms with Gasteiger partial charge in [-0.05, 0) is 148 Å². The number of carbonyl (C=O) groups excluding carboxylic acids is 2. The van der Waals surface area contributed by atoms with Crippen LogP contribution in [0.3, 0.4) is 0 Å². The second-order valence-corrected chi connectivity index (χ2v) is 23.8. The summed E-state index contributed by atoms with van der Waals surface area (Å²) in [5.41, 5.74) is 39.8. The molecule has 19 heteroatoms. The molecule has 0 spiro atoms. The fourth-order valence-electron chi connectivity index (χ4n) is 13.9. The monoisotopic (exact) mass is 1420 g/mol. The molecular weight excluding hydrogens is 1340 g/mol. The number of hydrogen-bond donors (Lipinski definition) is 8. The van der Waals surface area contributed by atoms with Crippen LogP contribution in [0.5, 0.6) is 0 Å². The van der Waals surface area contributed by atoms with Gasteiger partial charge in [0.2, 0.25) is 11.8 Å². The third-order valence-corrected chi connectivity index (χ3v) is 18.9. The van der Waals surface area contributed by atoms with Crippen molar-refractivity contribution in [3.8, 4) is 0 Å². The molecule has 16 bridgehead atoms. The Kier molecular flexibility index (Phi) is 20.8. The summed E-state index contributed by atoms with van der Waals surface area (Å²) in [6, 6.07) is 0. The number of nitrogens with zero attached hydrogens (tertiary/aromatic N) is 6. The van der Waals surface area contributed by atoms with E-state index in [0.717, 1.165) is 171 Å². The Morgan fingerprint density at radius 1 is 0.562 bits per heavy atom. The van der Waals surface area contributed by atoms with Gasteiger partial charge in [0, 0.05) is 132 Å². The van der Waals surface area contributed by atoms with Crippen LogP contribution in [0.25, 0.3) is 0 Å². The number of aliphatic imine (C=N–C) groups is 6. The van der Waals surface area contributed by atoms with Gasteiger partial charge >= 0.3 is 21.1 Å². The molecule has 0 saturated carbocycles. The number of aliphatic hydroxyl groups excluding tert-OH is 2. The van der Waals surface area contributed by atoms with Crippen LogP contribution >= 0.6 is 0 Å². The van der Waals surface area contributed by atoms with Gasteiger partial charge < -0.3 is 67.8 Å². The SMILES string of the molecule is C=CC1=C(C)C2=NC1=CC1=NC(=CC3=C(C)C4=C(O)CC(=C5NC(=C2)[C@@H](C)[C@@H]5CCC(=O)NCCN)C4=N3)C(CC)=C1C.C=CC1=C(C)C2=NC1=CC1=NC(=CC3=C(C)C4=C(O)CC(=C5NC(=C2)[C@@H](C)[C@@H]5CCC(=O)NCCN)C4=N3)C(CC)=C1C.[Cl-].[Cl-].[Pt+2]. The van der Waals surface area contributed by atoms with Crippen molar-refractivity contribution in [3.05, 3.63) is 208 Å². The van der Waals surface area contributed by atoms with Crippen LogP contribution < -0.4 is 57.5 Å². The normalized spacial score (nSPS) is 23.5. The molecule has 0 aromatic heterocycles. The summed E-state index contributed by atoms with van der Waals surface area (Å²) in [4.78, 5) is 55.7. The maximum Gasteiger partial charge on any atom is 2.00 e. The van der Waals surface area contributed by atoms with Crippen molar-refractivity contribution in [1.29, 1.82) is 0 Å². The van der Waals surface area contributed by atoms with Crippen molar-refractivity contribution in [3.63, 3.8) is 0 Å². The molecule has 2 aliphatic carbocycles. The molecule has 0 aromatic rings. The molecule has 10 N–H and O–H groups in total. The van der Waals surface area contributed by atoms with E-state index in [9.17, 15) is 19.8 Å². The largest absolute Gasteiger partial charge is 2.00 e. The van der Waals surface area contributed by atoms with E-state index >= 15 is 0 Å². The molecule has 2 saturated heterocycles. The van der Waals surface area contributed by atoms with E-state index in [1.807, 2.05) is 26.0 Å². The number of carbonyl (C=O) groups is 2. The summed E-state index contributed by atoms with van der Waals surface area (Å²) in [5, 5.41) is 35.7. The summed E-state index contributed by atoms with van der Waals surface area (Å²) in [6.07, 6.45) is 20.8. The van der Waals surface area contributed by atoms with Crippen molar-refractivity contribution >= 4 is 46.1 Å². The van der Waals surface area contributed by atoms with Crippen molar-refractivity contribution in [1.82, 2.24) is 21.3 Å². The summed E-state index contributed by atoms with van der Waals surface area (Å²) in [7, 11) is 0. The predicted molar refractivity (Wildman–Crippen MR) is 347 cm³/mol. The quantitative estimate of drug-likeness (QED) is 0.112. The van der Waals surface area contributed by atoms with E-state index in [-0.39, 0.29) is 81.4 Å². The Morgan fingerprint density at radius 2 is 0.921 bits per heavy atom. The predicted octanol–water partition coefficient (Wildman–Crippen LogP) is 5.40. The van der Waals surface area contributed by atoms with Crippen molar-refractivity contribution in [2.45, 2.75) is 121 Å². The molecule has 2 fully saturated rings.